The van der Waals surface area contributed by atoms with Crippen LogP contribution in [0.2, 0.25) is 0 Å². The third kappa shape index (κ3) is 5.74. The lowest BCUT2D eigenvalue weighted by atomic mass is 10.1. The van der Waals surface area contributed by atoms with Crippen molar-refractivity contribution in [3.05, 3.63) is 64.1 Å². The molecule has 1 aliphatic rings. The van der Waals surface area contributed by atoms with E-state index in [1.54, 1.807) is 7.11 Å². The summed E-state index contributed by atoms with van der Waals surface area (Å²) >= 11 is 1.26. The molecule has 0 spiro atoms. The van der Waals surface area contributed by atoms with Crippen molar-refractivity contribution in [3.8, 4) is 5.75 Å². The van der Waals surface area contributed by atoms with Crippen molar-refractivity contribution in [2.75, 3.05) is 24.3 Å². The van der Waals surface area contributed by atoms with Crippen LogP contribution in [-0.4, -0.2) is 46.6 Å². The summed E-state index contributed by atoms with van der Waals surface area (Å²) in [5.74, 6) is 0.415. The molecule has 0 aliphatic carbocycles. The quantitative estimate of drug-likeness (QED) is 0.523. The van der Waals surface area contributed by atoms with Crippen molar-refractivity contribution in [1.29, 1.82) is 0 Å². The van der Waals surface area contributed by atoms with Gasteiger partial charge in [0, 0.05) is 11.4 Å². The fourth-order valence-electron chi connectivity index (χ4n) is 3.80. The zero-order chi connectivity index (χ0) is 23.2. The summed E-state index contributed by atoms with van der Waals surface area (Å²) in [5.41, 5.74) is 2.67. The number of methoxy groups -OCH3 is 1. The highest BCUT2D eigenvalue weighted by molar-refractivity contribution is 7.13. The van der Waals surface area contributed by atoms with E-state index in [1.165, 1.54) is 16.9 Å². The number of benzene rings is 2. The molecule has 8 nitrogen and oxygen atoms in total. The van der Waals surface area contributed by atoms with Gasteiger partial charge < -0.3 is 15.4 Å². The first kappa shape index (κ1) is 22.9. The Kier molecular flexibility index (Phi) is 7.31. The van der Waals surface area contributed by atoms with Crippen LogP contribution in [-0.2, 0) is 17.8 Å². The third-order valence-electron chi connectivity index (χ3n) is 5.64. The lowest BCUT2D eigenvalue weighted by molar-refractivity contribution is -0.120. The summed E-state index contributed by atoms with van der Waals surface area (Å²) in [6.45, 7) is 3.37. The number of likely N-dealkylation sites (tertiary alicyclic amines) is 1. The molecular formula is C24H27N5O3S. The monoisotopic (exact) mass is 465 g/mol. The van der Waals surface area contributed by atoms with Gasteiger partial charge in [0.2, 0.25) is 10.9 Å². The second kappa shape index (κ2) is 10.5. The van der Waals surface area contributed by atoms with Crippen molar-refractivity contribution in [2.45, 2.75) is 38.8 Å². The van der Waals surface area contributed by atoms with Gasteiger partial charge in [-0.1, -0.05) is 30.4 Å². The summed E-state index contributed by atoms with van der Waals surface area (Å²) in [4.78, 5) is 27.5. The van der Waals surface area contributed by atoms with Gasteiger partial charge in [0.15, 0.2) is 0 Å². The predicted octanol–water partition coefficient (Wildman–Crippen LogP) is 3.96. The standard InChI is InChI=1S/C24H27N5O3S/c1-3-16-6-8-17(9-7-16)26-23(31)24-28-27-21(33-24)15-29-14-4-5-20(29)22(30)25-18-10-12-19(32-2)13-11-18/h6-13,20H,3-5,14-15H2,1-2H3,(H,25,30)(H,26,31). The number of hydrogen-bond acceptors (Lipinski definition) is 7. The van der Waals surface area contributed by atoms with E-state index in [4.69, 9.17) is 4.74 Å². The van der Waals surface area contributed by atoms with Crippen LogP contribution >= 0.6 is 11.3 Å². The number of anilines is 2. The molecule has 9 heteroatoms. The molecule has 2 N–H and O–H groups in total. The van der Waals surface area contributed by atoms with Gasteiger partial charge in [-0.2, -0.15) is 0 Å². The second-order valence-electron chi connectivity index (χ2n) is 7.85. The van der Waals surface area contributed by atoms with E-state index < -0.39 is 0 Å². The number of aryl methyl sites for hydroxylation is 1. The molecule has 4 rings (SSSR count). The maximum absolute atomic E-state index is 12.9. The molecule has 33 heavy (non-hydrogen) atoms. The highest BCUT2D eigenvalue weighted by atomic mass is 32.1. The minimum Gasteiger partial charge on any atom is -0.497 e. The Morgan fingerprint density at radius 2 is 1.76 bits per heavy atom. The van der Waals surface area contributed by atoms with Gasteiger partial charge in [-0.25, -0.2) is 0 Å². The molecular weight excluding hydrogens is 438 g/mol. The Morgan fingerprint density at radius 1 is 1.06 bits per heavy atom. The molecule has 1 fully saturated rings. The second-order valence-corrected chi connectivity index (χ2v) is 8.91. The molecule has 2 aromatic carbocycles. The number of nitrogens with zero attached hydrogens (tertiary/aromatic N) is 3. The number of nitrogens with one attached hydrogen (secondary N) is 2. The molecule has 0 radical (unpaired) electrons. The summed E-state index contributed by atoms with van der Waals surface area (Å²) in [6, 6.07) is 14.8. The average molecular weight is 466 g/mol. The molecule has 0 saturated carbocycles. The van der Waals surface area contributed by atoms with E-state index in [0.717, 1.165) is 42.9 Å². The Bertz CT molecular complexity index is 1100. The van der Waals surface area contributed by atoms with Crippen molar-refractivity contribution < 1.29 is 14.3 Å². The first-order valence-electron chi connectivity index (χ1n) is 11.0. The predicted molar refractivity (Wildman–Crippen MR) is 129 cm³/mol. The number of amides is 2. The van der Waals surface area contributed by atoms with E-state index in [9.17, 15) is 9.59 Å². The van der Waals surface area contributed by atoms with Gasteiger partial charge in [-0.15, -0.1) is 10.2 Å². The molecule has 1 aliphatic heterocycles. The molecule has 1 saturated heterocycles. The highest BCUT2D eigenvalue weighted by Gasteiger charge is 2.31. The molecule has 3 aromatic rings. The van der Waals surface area contributed by atoms with E-state index in [-0.39, 0.29) is 17.9 Å². The fourth-order valence-corrected chi connectivity index (χ4v) is 4.56. The Morgan fingerprint density at radius 3 is 2.45 bits per heavy atom. The van der Waals surface area contributed by atoms with Crippen molar-refractivity contribution in [3.63, 3.8) is 0 Å². The molecule has 2 amide bonds. The van der Waals surface area contributed by atoms with Crippen LogP contribution in [0.4, 0.5) is 11.4 Å². The highest BCUT2D eigenvalue weighted by Crippen LogP contribution is 2.24. The van der Waals surface area contributed by atoms with Crippen LogP contribution in [0.3, 0.4) is 0 Å². The van der Waals surface area contributed by atoms with E-state index in [0.29, 0.717) is 16.6 Å². The first-order valence-corrected chi connectivity index (χ1v) is 11.8. The molecule has 1 unspecified atom stereocenters. The van der Waals surface area contributed by atoms with E-state index in [2.05, 4.69) is 32.7 Å². The zero-order valence-electron chi connectivity index (χ0n) is 18.7. The number of hydrogen-bond donors (Lipinski definition) is 2. The lowest BCUT2D eigenvalue weighted by Crippen LogP contribution is -2.39. The largest absolute Gasteiger partial charge is 0.497 e. The summed E-state index contributed by atoms with van der Waals surface area (Å²) in [7, 11) is 1.61. The van der Waals surface area contributed by atoms with Gasteiger partial charge in [-0.05, 0) is 67.8 Å². The third-order valence-corrected chi connectivity index (χ3v) is 6.55. The van der Waals surface area contributed by atoms with Crippen LogP contribution in [0.5, 0.6) is 5.75 Å². The maximum atomic E-state index is 12.9. The number of aromatic nitrogens is 2. The Labute approximate surface area is 197 Å². The van der Waals surface area contributed by atoms with Crippen molar-refractivity contribution in [1.82, 2.24) is 15.1 Å². The Hall–Kier alpha value is -3.30. The minimum atomic E-state index is -0.279. The van der Waals surface area contributed by atoms with Crippen LogP contribution in [0, 0.1) is 0 Å². The van der Waals surface area contributed by atoms with Gasteiger partial charge in [0.25, 0.3) is 5.91 Å². The number of carbonyl (C=O) groups excluding carboxylic acids is 2. The van der Waals surface area contributed by atoms with Crippen LogP contribution in [0.15, 0.2) is 48.5 Å². The zero-order valence-corrected chi connectivity index (χ0v) is 19.5. The first-order chi connectivity index (χ1) is 16.1. The van der Waals surface area contributed by atoms with Crippen LogP contribution in [0.1, 0.15) is 40.1 Å². The van der Waals surface area contributed by atoms with Gasteiger partial charge >= 0.3 is 0 Å². The van der Waals surface area contributed by atoms with Crippen LogP contribution in [0.25, 0.3) is 0 Å². The fraction of sp³-hybridized carbons (Fsp3) is 0.333. The van der Waals surface area contributed by atoms with Gasteiger partial charge in [0.05, 0.1) is 19.7 Å². The van der Waals surface area contributed by atoms with Crippen molar-refractivity contribution >= 4 is 34.5 Å². The lowest BCUT2D eigenvalue weighted by Gasteiger charge is -2.22. The topological polar surface area (TPSA) is 96.5 Å². The summed E-state index contributed by atoms with van der Waals surface area (Å²) in [6.07, 6.45) is 2.66. The molecule has 172 valence electrons. The number of ether oxygens (including phenoxy) is 1. The molecule has 2 heterocycles. The van der Waals surface area contributed by atoms with Gasteiger partial charge in [0.1, 0.15) is 10.8 Å². The average Bonchev–Trinajstić information content (AvgIpc) is 3.50. The van der Waals surface area contributed by atoms with Crippen LogP contribution < -0.4 is 15.4 Å². The molecule has 0 bridgehead atoms. The van der Waals surface area contributed by atoms with E-state index >= 15 is 0 Å². The maximum Gasteiger partial charge on any atom is 0.286 e. The minimum absolute atomic E-state index is 0.0457. The summed E-state index contributed by atoms with van der Waals surface area (Å²) < 4.78 is 5.16. The summed E-state index contributed by atoms with van der Waals surface area (Å²) in [5, 5.41) is 15.1. The van der Waals surface area contributed by atoms with E-state index in [1.807, 2.05) is 48.5 Å². The molecule has 1 aromatic heterocycles. The smallest absolute Gasteiger partial charge is 0.286 e. The van der Waals surface area contributed by atoms with Gasteiger partial charge in [-0.3, -0.25) is 14.5 Å². The van der Waals surface area contributed by atoms with Crippen molar-refractivity contribution in [2.24, 2.45) is 0 Å². The normalized spacial score (nSPS) is 15.9. The molecule has 1 atom stereocenters. The Balaban J connectivity index is 1.34. The number of carbonyl (C=O) groups is 2. The SMILES string of the molecule is CCc1ccc(NC(=O)c2nnc(CN3CCCC3C(=O)Nc3ccc(OC)cc3)s2)cc1. The number of rotatable bonds is 8.